The van der Waals surface area contributed by atoms with Gasteiger partial charge in [-0.2, -0.15) is 5.10 Å². The SMILES string of the molecule is Cc1nn(-c2ccccc2)c(C)c1/C=N\O. The molecule has 1 aromatic carbocycles. The summed E-state index contributed by atoms with van der Waals surface area (Å²) in [6.07, 6.45) is 1.41. The Balaban J connectivity index is 2.56. The van der Waals surface area contributed by atoms with Crippen molar-refractivity contribution in [2.45, 2.75) is 13.8 Å². The molecule has 82 valence electrons. The Morgan fingerprint density at radius 3 is 2.56 bits per heavy atom. The van der Waals surface area contributed by atoms with E-state index in [1.165, 1.54) is 6.21 Å². The molecule has 0 aliphatic heterocycles. The lowest BCUT2D eigenvalue weighted by molar-refractivity contribution is 0.322. The molecule has 1 heterocycles. The lowest BCUT2D eigenvalue weighted by Crippen LogP contribution is -1.98. The molecule has 0 aliphatic rings. The van der Waals surface area contributed by atoms with Gasteiger partial charge in [-0.3, -0.25) is 0 Å². The summed E-state index contributed by atoms with van der Waals surface area (Å²) in [5, 5.41) is 16.1. The van der Waals surface area contributed by atoms with Crippen molar-refractivity contribution in [1.29, 1.82) is 0 Å². The van der Waals surface area contributed by atoms with E-state index in [2.05, 4.69) is 10.3 Å². The van der Waals surface area contributed by atoms with Gasteiger partial charge >= 0.3 is 0 Å². The van der Waals surface area contributed by atoms with Crippen LogP contribution in [0.2, 0.25) is 0 Å². The van der Waals surface area contributed by atoms with Gasteiger partial charge in [-0.15, -0.1) is 0 Å². The summed E-state index contributed by atoms with van der Waals surface area (Å²) in [5.74, 6) is 0. The molecule has 2 rings (SSSR count). The molecule has 0 fully saturated rings. The van der Waals surface area contributed by atoms with Crippen LogP contribution in [0.4, 0.5) is 0 Å². The van der Waals surface area contributed by atoms with Crippen LogP contribution in [0.25, 0.3) is 5.69 Å². The van der Waals surface area contributed by atoms with E-state index >= 15 is 0 Å². The van der Waals surface area contributed by atoms with Crippen molar-refractivity contribution in [2.24, 2.45) is 5.16 Å². The second-order valence-corrected chi connectivity index (χ2v) is 3.58. The number of hydrogen-bond acceptors (Lipinski definition) is 3. The summed E-state index contributed by atoms with van der Waals surface area (Å²) in [4.78, 5) is 0. The van der Waals surface area contributed by atoms with Gasteiger partial charge in [-0.05, 0) is 26.0 Å². The zero-order chi connectivity index (χ0) is 11.5. The van der Waals surface area contributed by atoms with Gasteiger partial charge in [0.05, 0.1) is 23.3 Å². The maximum Gasteiger partial charge on any atom is 0.0771 e. The molecule has 0 aliphatic carbocycles. The van der Waals surface area contributed by atoms with Gasteiger partial charge < -0.3 is 5.21 Å². The largest absolute Gasteiger partial charge is 0.411 e. The van der Waals surface area contributed by atoms with Crippen LogP contribution in [0.5, 0.6) is 0 Å². The van der Waals surface area contributed by atoms with Crippen molar-refractivity contribution in [1.82, 2.24) is 9.78 Å². The molecule has 1 aromatic heterocycles. The Kier molecular flexibility index (Phi) is 2.72. The number of oxime groups is 1. The zero-order valence-electron chi connectivity index (χ0n) is 9.25. The zero-order valence-corrected chi connectivity index (χ0v) is 9.25. The minimum Gasteiger partial charge on any atom is -0.411 e. The molecule has 0 radical (unpaired) electrons. The fourth-order valence-electron chi connectivity index (χ4n) is 1.72. The Morgan fingerprint density at radius 2 is 1.94 bits per heavy atom. The van der Waals surface area contributed by atoms with Gasteiger partial charge in [0.2, 0.25) is 0 Å². The van der Waals surface area contributed by atoms with E-state index in [0.717, 1.165) is 22.6 Å². The summed E-state index contributed by atoms with van der Waals surface area (Å²) in [5.41, 5.74) is 3.66. The van der Waals surface area contributed by atoms with Crippen LogP contribution in [0.3, 0.4) is 0 Å². The highest BCUT2D eigenvalue weighted by molar-refractivity contribution is 5.82. The smallest absolute Gasteiger partial charge is 0.0771 e. The monoisotopic (exact) mass is 215 g/mol. The number of aromatic nitrogens is 2. The molecule has 0 amide bonds. The molecule has 16 heavy (non-hydrogen) atoms. The molecule has 0 atom stereocenters. The lowest BCUT2D eigenvalue weighted by atomic mass is 10.2. The Morgan fingerprint density at radius 1 is 1.25 bits per heavy atom. The van der Waals surface area contributed by atoms with E-state index in [9.17, 15) is 0 Å². The van der Waals surface area contributed by atoms with Crippen LogP contribution >= 0.6 is 0 Å². The van der Waals surface area contributed by atoms with Crippen LogP contribution in [0.15, 0.2) is 35.5 Å². The van der Waals surface area contributed by atoms with Crippen LogP contribution in [0.1, 0.15) is 17.0 Å². The third-order valence-electron chi connectivity index (χ3n) is 2.53. The number of benzene rings is 1. The molecule has 4 heteroatoms. The van der Waals surface area contributed by atoms with Gasteiger partial charge in [0, 0.05) is 5.56 Å². The molecule has 1 N–H and O–H groups in total. The van der Waals surface area contributed by atoms with Crippen molar-refractivity contribution in [3.05, 3.63) is 47.3 Å². The number of para-hydroxylation sites is 1. The van der Waals surface area contributed by atoms with Gasteiger partial charge in [0.15, 0.2) is 0 Å². The maximum atomic E-state index is 8.58. The van der Waals surface area contributed by atoms with Crippen LogP contribution in [0, 0.1) is 13.8 Å². The van der Waals surface area contributed by atoms with E-state index in [0.29, 0.717) is 0 Å². The summed E-state index contributed by atoms with van der Waals surface area (Å²) < 4.78 is 1.84. The van der Waals surface area contributed by atoms with Crippen LogP contribution < -0.4 is 0 Å². The van der Waals surface area contributed by atoms with E-state index in [-0.39, 0.29) is 0 Å². The second-order valence-electron chi connectivity index (χ2n) is 3.58. The summed E-state index contributed by atoms with van der Waals surface area (Å²) >= 11 is 0. The third-order valence-corrected chi connectivity index (χ3v) is 2.53. The Labute approximate surface area is 93.8 Å². The first-order valence-electron chi connectivity index (χ1n) is 5.03. The van der Waals surface area contributed by atoms with Crippen LogP contribution in [-0.2, 0) is 0 Å². The molecule has 0 saturated heterocycles. The van der Waals surface area contributed by atoms with Crippen molar-refractivity contribution >= 4 is 6.21 Å². The van der Waals surface area contributed by atoms with Crippen LogP contribution in [-0.4, -0.2) is 21.2 Å². The van der Waals surface area contributed by atoms with E-state index in [1.807, 2.05) is 48.9 Å². The van der Waals surface area contributed by atoms with Gasteiger partial charge in [-0.1, -0.05) is 23.4 Å². The highest BCUT2D eigenvalue weighted by Gasteiger charge is 2.10. The number of nitrogens with zero attached hydrogens (tertiary/aromatic N) is 3. The molecule has 4 nitrogen and oxygen atoms in total. The average Bonchev–Trinajstić information content (AvgIpc) is 2.59. The maximum absolute atomic E-state index is 8.58. The predicted molar refractivity (Wildman–Crippen MR) is 62.4 cm³/mol. The third kappa shape index (κ3) is 1.69. The first kappa shape index (κ1) is 10.4. The molecular formula is C12H13N3O. The molecular weight excluding hydrogens is 202 g/mol. The van der Waals surface area contributed by atoms with Gasteiger partial charge in [0.25, 0.3) is 0 Å². The lowest BCUT2D eigenvalue weighted by Gasteiger charge is -2.03. The fourth-order valence-corrected chi connectivity index (χ4v) is 1.72. The second kappa shape index (κ2) is 4.18. The van der Waals surface area contributed by atoms with Crippen molar-refractivity contribution in [3.63, 3.8) is 0 Å². The first-order valence-corrected chi connectivity index (χ1v) is 5.03. The van der Waals surface area contributed by atoms with E-state index < -0.39 is 0 Å². The summed E-state index contributed by atoms with van der Waals surface area (Å²) in [7, 11) is 0. The highest BCUT2D eigenvalue weighted by atomic mass is 16.4. The molecule has 2 aromatic rings. The van der Waals surface area contributed by atoms with E-state index in [4.69, 9.17) is 5.21 Å². The molecule has 0 spiro atoms. The quantitative estimate of drug-likeness (QED) is 0.474. The first-order chi connectivity index (χ1) is 7.74. The Hall–Kier alpha value is -2.10. The van der Waals surface area contributed by atoms with Crippen molar-refractivity contribution in [2.75, 3.05) is 0 Å². The number of rotatable bonds is 2. The van der Waals surface area contributed by atoms with E-state index in [1.54, 1.807) is 0 Å². The minimum absolute atomic E-state index is 0.846. The molecule has 0 unspecified atom stereocenters. The van der Waals surface area contributed by atoms with Crippen molar-refractivity contribution < 1.29 is 5.21 Å². The van der Waals surface area contributed by atoms with Gasteiger partial charge in [-0.25, -0.2) is 4.68 Å². The Bertz CT molecular complexity index is 515. The van der Waals surface area contributed by atoms with Crippen molar-refractivity contribution in [3.8, 4) is 5.69 Å². The summed E-state index contributed by atoms with van der Waals surface area (Å²) in [6.45, 7) is 3.84. The van der Waals surface area contributed by atoms with Gasteiger partial charge in [0.1, 0.15) is 0 Å². The molecule has 0 saturated carbocycles. The number of aryl methyl sites for hydroxylation is 1. The minimum atomic E-state index is 0.846. The topological polar surface area (TPSA) is 50.4 Å². The average molecular weight is 215 g/mol. The summed E-state index contributed by atoms with van der Waals surface area (Å²) in [6, 6.07) is 9.86. The fraction of sp³-hybridized carbons (Fsp3) is 0.167. The molecule has 0 bridgehead atoms. The highest BCUT2D eigenvalue weighted by Crippen LogP contribution is 2.15. The predicted octanol–water partition coefficient (Wildman–Crippen LogP) is 2.30. The normalized spacial score (nSPS) is 11.1. The number of hydrogen-bond donors (Lipinski definition) is 1. The standard InChI is InChI=1S/C12H13N3O/c1-9-12(8-13-16)10(2)15(14-9)11-6-4-3-5-7-11/h3-8,16H,1-2H3/b13-8-.